The number of anilines is 1. The van der Waals surface area contributed by atoms with E-state index in [-0.39, 0.29) is 6.04 Å². The Balaban J connectivity index is 1.47. The summed E-state index contributed by atoms with van der Waals surface area (Å²) in [7, 11) is -1.08. The van der Waals surface area contributed by atoms with Gasteiger partial charge in [0.05, 0.1) is 29.5 Å². The highest BCUT2D eigenvalue weighted by atomic mass is 32.2. The molecule has 4 aromatic rings. The van der Waals surface area contributed by atoms with Crippen molar-refractivity contribution in [2.45, 2.75) is 38.8 Å². The summed E-state index contributed by atoms with van der Waals surface area (Å²) in [6.07, 6.45) is 15.7. The van der Waals surface area contributed by atoms with Gasteiger partial charge in [0, 0.05) is 60.0 Å². The van der Waals surface area contributed by atoms with E-state index in [1.807, 2.05) is 29.5 Å². The highest BCUT2D eigenvalue weighted by molar-refractivity contribution is 8.01. The lowest BCUT2D eigenvalue weighted by atomic mass is 10.0. The Bertz CT molecular complexity index is 1550. The van der Waals surface area contributed by atoms with Gasteiger partial charge in [0.25, 0.3) is 0 Å². The zero-order chi connectivity index (χ0) is 25.4. The Kier molecular flexibility index (Phi) is 6.31. The smallest absolute Gasteiger partial charge is 0.128 e. The van der Waals surface area contributed by atoms with Crippen LogP contribution in [0, 0.1) is 11.3 Å². The van der Waals surface area contributed by atoms with E-state index in [0.717, 1.165) is 59.5 Å². The van der Waals surface area contributed by atoms with Gasteiger partial charge in [-0.2, -0.15) is 15.5 Å². The molecule has 0 unspecified atom stereocenters. The van der Waals surface area contributed by atoms with Gasteiger partial charge in [-0.05, 0) is 57.4 Å². The first kappa shape index (κ1) is 24.1. The van der Waals surface area contributed by atoms with E-state index in [9.17, 15) is 5.26 Å². The van der Waals surface area contributed by atoms with Crippen LogP contribution in [0.1, 0.15) is 38.3 Å². The van der Waals surface area contributed by atoms with Crippen molar-refractivity contribution in [2.75, 3.05) is 30.5 Å². The molecule has 0 bridgehead atoms. The van der Waals surface area contributed by atoms with Gasteiger partial charge >= 0.3 is 0 Å². The molecule has 36 heavy (non-hydrogen) atoms. The third-order valence-corrected chi connectivity index (χ3v) is 7.35. The van der Waals surface area contributed by atoms with Gasteiger partial charge in [0.1, 0.15) is 11.9 Å². The van der Waals surface area contributed by atoms with Crippen LogP contribution in [-0.4, -0.2) is 61.9 Å². The fourth-order valence-corrected chi connectivity index (χ4v) is 5.71. The predicted octanol–water partition coefficient (Wildman–Crippen LogP) is 4.71. The molecule has 8 nitrogen and oxygen atoms in total. The number of pyridine rings is 2. The maximum Gasteiger partial charge on any atom is 0.128 e. The van der Waals surface area contributed by atoms with Crippen molar-refractivity contribution in [3.05, 3.63) is 54.7 Å². The van der Waals surface area contributed by atoms with Crippen molar-refractivity contribution < 1.29 is 0 Å². The Morgan fingerprint density at radius 3 is 2.44 bits per heavy atom. The molecule has 1 aliphatic heterocycles. The molecule has 5 rings (SSSR count). The topological polar surface area (TPSA) is 87.4 Å². The van der Waals surface area contributed by atoms with Crippen LogP contribution < -0.4 is 4.90 Å². The van der Waals surface area contributed by atoms with E-state index in [4.69, 9.17) is 9.35 Å². The second-order valence-corrected chi connectivity index (χ2v) is 13.3. The highest BCUT2D eigenvalue weighted by Crippen LogP contribution is 2.33. The number of hydrogen-bond acceptors (Lipinski definition) is 6. The summed E-state index contributed by atoms with van der Waals surface area (Å²) in [4.78, 5) is 7.14. The maximum atomic E-state index is 9.70. The van der Waals surface area contributed by atoms with Crippen LogP contribution in [0.2, 0.25) is 0 Å². The van der Waals surface area contributed by atoms with Crippen LogP contribution in [0.3, 0.4) is 0 Å². The number of hydrogen-bond donors (Lipinski definition) is 0. The minimum atomic E-state index is -1.08. The Morgan fingerprint density at radius 2 is 1.83 bits per heavy atom. The predicted molar refractivity (Wildman–Crippen MR) is 149 cm³/mol. The van der Waals surface area contributed by atoms with Gasteiger partial charge < -0.3 is 4.90 Å². The molecule has 4 aromatic heterocycles. The Labute approximate surface area is 212 Å². The van der Waals surface area contributed by atoms with Crippen LogP contribution in [-0.2, 0) is 9.41 Å². The summed E-state index contributed by atoms with van der Waals surface area (Å²) < 4.78 is 8.64. The van der Waals surface area contributed by atoms with Crippen molar-refractivity contribution in [3.8, 4) is 28.3 Å². The summed E-state index contributed by atoms with van der Waals surface area (Å²) >= 11 is 0. The van der Waals surface area contributed by atoms with E-state index in [2.05, 4.69) is 71.6 Å². The van der Waals surface area contributed by atoms with Gasteiger partial charge in [-0.25, -0.2) is 9.50 Å². The minimum absolute atomic E-state index is 0.277. The molecular formula is C27H32N8S. The number of fused-ring (bicyclic) bond motifs is 1. The molecule has 0 saturated carbocycles. The molecule has 5 heterocycles. The van der Waals surface area contributed by atoms with Gasteiger partial charge in [-0.3, -0.25) is 9.04 Å². The first-order valence-electron chi connectivity index (χ1n) is 12.2. The van der Waals surface area contributed by atoms with Crippen molar-refractivity contribution in [2.24, 2.45) is 4.36 Å². The van der Waals surface area contributed by atoms with Gasteiger partial charge in [-0.15, -0.1) is 9.41 Å². The molecule has 0 amide bonds. The largest absolute Gasteiger partial charge is 0.356 e. The number of nitrogens with zero attached hydrogens (tertiary/aromatic N) is 8. The Hall–Kier alpha value is -3.64. The lowest BCUT2D eigenvalue weighted by molar-refractivity contribution is 0.504. The van der Waals surface area contributed by atoms with Crippen LogP contribution in [0.5, 0.6) is 0 Å². The van der Waals surface area contributed by atoms with Gasteiger partial charge in [0.2, 0.25) is 0 Å². The third-order valence-electron chi connectivity index (χ3n) is 6.48. The fourth-order valence-electron chi connectivity index (χ4n) is 4.69. The summed E-state index contributed by atoms with van der Waals surface area (Å²) in [6.45, 7) is 6.09. The van der Waals surface area contributed by atoms with E-state index in [0.29, 0.717) is 11.6 Å². The molecule has 0 atom stereocenters. The minimum Gasteiger partial charge on any atom is -0.356 e. The van der Waals surface area contributed by atoms with E-state index in [1.165, 1.54) is 0 Å². The van der Waals surface area contributed by atoms with Gasteiger partial charge in [0.15, 0.2) is 0 Å². The number of piperidine rings is 1. The average molecular weight is 501 g/mol. The standard InChI is InChI=1S/C27H32N8S/c1-19(2)34-18-23(16-30-34)21-12-25(27-22(13-28)15-31-35(27)17-21)20-6-7-26(29-14-20)33-10-8-24(9-11-33)32-36(3,4)5/h6-7,12,14-19,24H,3,8-11H2,1-2,4-5H3. The first-order chi connectivity index (χ1) is 17.2. The molecule has 0 aromatic carbocycles. The quantitative estimate of drug-likeness (QED) is 0.370. The molecule has 0 radical (unpaired) electrons. The van der Waals surface area contributed by atoms with E-state index >= 15 is 0 Å². The van der Waals surface area contributed by atoms with Gasteiger partial charge in [-0.1, -0.05) is 5.87 Å². The molecule has 0 spiro atoms. The third kappa shape index (κ3) is 4.86. The normalized spacial score (nSPS) is 14.9. The molecule has 186 valence electrons. The zero-order valence-electron chi connectivity index (χ0n) is 21.3. The van der Waals surface area contributed by atoms with Crippen LogP contribution in [0.4, 0.5) is 5.82 Å². The molecule has 1 saturated heterocycles. The maximum absolute atomic E-state index is 9.70. The lowest BCUT2D eigenvalue weighted by Gasteiger charge is -2.31. The summed E-state index contributed by atoms with van der Waals surface area (Å²) in [5.74, 6) is 5.17. The monoisotopic (exact) mass is 500 g/mol. The summed E-state index contributed by atoms with van der Waals surface area (Å²) in [6, 6.07) is 9.22. The van der Waals surface area contributed by atoms with E-state index < -0.39 is 9.41 Å². The number of nitriles is 1. The molecular weight excluding hydrogens is 468 g/mol. The number of aromatic nitrogens is 5. The van der Waals surface area contributed by atoms with Crippen molar-refractivity contribution >= 4 is 26.6 Å². The highest BCUT2D eigenvalue weighted by Gasteiger charge is 2.20. The second-order valence-electron chi connectivity index (χ2n) is 10.1. The van der Waals surface area contributed by atoms with Crippen molar-refractivity contribution in [1.29, 1.82) is 5.26 Å². The van der Waals surface area contributed by atoms with Crippen LogP contribution in [0.15, 0.2) is 53.5 Å². The van der Waals surface area contributed by atoms with E-state index in [1.54, 1.807) is 10.7 Å². The fraction of sp³-hybridized carbons (Fsp3) is 0.370. The first-order valence-corrected chi connectivity index (χ1v) is 14.8. The SMILES string of the molecule is C=S(C)(C)=NC1CCN(c2ccc(-c3cc(-c4cnn(C(C)C)c4)cn4ncc(C#N)c34)cn2)CC1. The van der Waals surface area contributed by atoms with Crippen LogP contribution in [0.25, 0.3) is 27.8 Å². The zero-order valence-corrected chi connectivity index (χ0v) is 22.1. The average Bonchev–Trinajstić information content (AvgIpc) is 3.51. The Morgan fingerprint density at radius 1 is 1.06 bits per heavy atom. The molecule has 0 aliphatic carbocycles. The number of rotatable bonds is 5. The summed E-state index contributed by atoms with van der Waals surface area (Å²) in [5.41, 5.74) is 5.20. The summed E-state index contributed by atoms with van der Waals surface area (Å²) in [5, 5.41) is 18.6. The molecule has 9 heteroatoms. The van der Waals surface area contributed by atoms with Crippen molar-refractivity contribution in [3.63, 3.8) is 0 Å². The molecule has 1 fully saturated rings. The molecule has 0 N–H and O–H groups in total. The van der Waals surface area contributed by atoms with Crippen molar-refractivity contribution in [1.82, 2.24) is 24.4 Å². The van der Waals surface area contributed by atoms with Crippen LogP contribution >= 0.6 is 0 Å². The molecule has 1 aliphatic rings. The second kappa shape index (κ2) is 9.43. The lowest BCUT2D eigenvalue weighted by Crippen LogP contribution is -2.36.